The average molecular weight is 547 g/mol. The van der Waals surface area contributed by atoms with Crippen LogP contribution in [0.1, 0.15) is 11.1 Å². The molecule has 0 aliphatic carbocycles. The van der Waals surface area contributed by atoms with E-state index in [0.717, 1.165) is 4.90 Å². The van der Waals surface area contributed by atoms with Crippen LogP contribution < -0.4 is 15.0 Å². The second kappa shape index (κ2) is 10.4. The number of carbonyl (C=O) groups excluding carboxylic acids is 3. The Labute approximate surface area is 219 Å². The van der Waals surface area contributed by atoms with Crippen molar-refractivity contribution >= 4 is 70.1 Å². The molecule has 182 valence electrons. The second-order valence-electron chi connectivity index (χ2n) is 7.46. The molecule has 4 rings (SSSR count). The van der Waals surface area contributed by atoms with Crippen molar-refractivity contribution in [1.82, 2.24) is 5.32 Å². The van der Waals surface area contributed by atoms with E-state index in [1.165, 1.54) is 60.7 Å². The molecule has 1 aliphatic rings. The van der Waals surface area contributed by atoms with Crippen LogP contribution in [0, 0.1) is 10.1 Å². The number of nitrogens with zero attached hydrogens (tertiary/aromatic N) is 2. The molecule has 1 fully saturated rings. The molecule has 3 aromatic rings. The maximum absolute atomic E-state index is 13.0. The number of carbonyl (C=O) groups is 3. The van der Waals surface area contributed by atoms with E-state index in [0.29, 0.717) is 16.1 Å². The molecule has 0 bridgehead atoms. The molecule has 3 aromatic carbocycles. The number of nitro benzene ring substituents is 1. The summed E-state index contributed by atoms with van der Waals surface area (Å²) in [7, 11) is 0. The van der Waals surface area contributed by atoms with Gasteiger partial charge in [-0.05, 0) is 53.6 Å². The van der Waals surface area contributed by atoms with E-state index in [2.05, 4.69) is 5.32 Å². The van der Waals surface area contributed by atoms with Gasteiger partial charge in [-0.2, -0.15) is 0 Å². The molecule has 12 heteroatoms. The first kappa shape index (κ1) is 25.2. The summed E-state index contributed by atoms with van der Waals surface area (Å²) in [4.78, 5) is 49.0. The molecule has 1 N–H and O–H groups in total. The molecule has 0 atom stereocenters. The Kier molecular flexibility index (Phi) is 7.25. The lowest BCUT2D eigenvalue weighted by molar-refractivity contribution is -0.384. The molecule has 1 heterocycles. The minimum absolute atomic E-state index is 0.0411. The summed E-state index contributed by atoms with van der Waals surface area (Å²) in [6.07, 6.45) is 1.25. The third kappa shape index (κ3) is 5.33. The van der Waals surface area contributed by atoms with Crippen LogP contribution in [0.4, 0.5) is 16.2 Å². The molecule has 0 spiro atoms. The Morgan fingerprint density at radius 1 is 0.972 bits per heavy atom. The number of halogens is 3. The normalized spacial score (nSPS) is 14.7. The van der Waals surface area contributed by atoms with Crippen molar-refractivity contribution in [3.05, 3.63) is 103 Å². The van der Waals surface area contributed by atoms with Gasteiger partial charge in [-0.3, -0.25) is 25.0 Å². The molecule has 0 radical (unpaired) electrons. The number of hydrogen-bond acceptors (Lipinski definition) is 6. The highest BCUT2D eigenvalue weighted by atomic mass is 35.5. The van der Waals surface area contributed by atoms with Gasteiger partial charge < -0.3 is 4.74 Å². The van der Waals surface area contributed by atoms with E-state index in [1.54, 1.807) is 6.07 Å². The van der Waals surface area contributed by atoms with Crippen LogP contribution in [-0.4, -0.2) is 22.8 Å². The molecule has 36 heavy (non-hydrogen) atoms. The van der Waals surface area contributed by atoms with Crippen LogP contribution in [0.2, 0.25) is 15.1 Å². The highest BCUT2D eigenvalue weighted by molar-refractivity contribution is 6.40. The highest BCUT2D eigenvalue weighted by Crippen LogP contribution is 2.36. The van der Waals surface area contributed by atoms with Gasteiger partial charge in [0.2, 0.25) is 0 Å². The number of imide groups is 2. The maximum Gasteiger partial charge on any atom is 0.335 e. The number of amides is 4. The number of ether oxygens (including phenoxy) is 1. The summed E-state index contributed by atoms with van der Waals surface area (Å²) in [6.45, 7) is -0.0411. The summed E-state index contributed by atoms with van der Waals surface area (Å²) >= 11 is 18.5. The van der Waals surface area contributed by atoms with Gasteiger partial charge >= 0.3 is 6.03 Å². The molecular weight excluding hydrogens is 533 g/mol. The quantitative estimate of drug-likeness (QED) is 0.181. The van der Waals surface area contributed by atoms with E-state index >= 15 is 0 Å². The van der Waals surface area contributed by atoms with Crippen molar-refractivity contribution in [1.29, 1.82) is 0 Å². The number of nitrogens with one attached hydrogen (secondary N) is 1. The second-order valence-corrected chi connectivity index (χ2v) is 8.71. The monoisotopic (exact) mass is 545 g/mol. The van der Waals surface area contributed by atoms with Crippen molar-refractivity contribution in [3.8, 4) is 5.75 Å². The number of non-ortho nitro benzene ring substituents is 1. The molecule has 9 nitrogen and oxygen atoms in total. The number of anilines is 1. The van der Waals surface area contributed by atoms with E-state index in [4.69, 9.17) is 39.5 Å². The van der Waals surface area contributed by atoms with E-state index in [-0.39, 0.29) is 39.3 Å². The predicted molar refractivity (Wildman–Crippen MR) is 134 cm³/mol. The Balaban J connectivity index is 1.59. The van der Waals surface area contributed by atoms with E-state index in [9.17, 15) is 24.5 Å². The van der Waals surface area contributed by atoms with Crippen molar-refractivity contribution in [2.75, 3.05) is 4.90 Å². The zero-order chi connectivity index (χ0) is 26.0. The van der Waals surface area contributed by atoms with Crippen molar-refractivity contribution in [2.24, 2.45) is 0 Å². The maximum atomic E-state index is 13.0. The van der Waals surface area contributed by atoms with Crippen LogP contribution in [-0.2, 0) is 16.2 Å². The Hall–Kier alpha value is -3.92. The van der Waals surface area contributed by atoms with Crippen LogP contribution in [0.15, 0.2) is 66.2 Å². The lowest BCUT2D eigenvalue weighted by Crippen LogP contribution is -2.54. The minimum atomic E-state index is -0.898. The lowest BCUT2D eigenvalue weighted by Gasteiger charge is -2.26. The number of hydrogen-bond donors (Lipinski definition) is 1. The summed E-state index contributed by atoms with van der Waals surface area (Å²) in [5, 5.41) is 13.6. The van der Waals surface area contributed by atoms with E-state index in [1.807, 2.05) is 0 Å². The van der Waals surface area contributed by atoms with Gasteiger partial charge in [-0.1, -0.05) is 46.9 Å². The number of benzene rings is 3. The van der Waals surface area contributed by atoms with Crippen LogP contribution >= 0.6 is 34.8 Å². The predicted octanol–water partition coefficient (Wildman–Crippen LogP) is 5.80. The number of urea groups is 1. The fourth-order valence-corrected chi connectivity index (χ4v) is 4.10. The van der Waals surface area contributed by atoms with Gasteiger partial charge in [0.1, 0.15) is 12.2 Å². The smallest absolute Gasteiger partial charge is 0.335 e. The van der Waals surface area contributed by atoms with Crippen LogP contribution in [0.5, 0.6) is 5.75 Å². The minimum Gasteiger partial charge on any atom is -0.486 e. The Morgan fingerprint density at radius 3 is 2.28 bits per heavy atom. The summed E-state index contributed by atoms with van der Waals surface area (Å²) < 4.78 is 5.66. The Bertz CT molecular complexity index is 1420. The molecule has 0 aromatic heterocycles. The molecule has 1 aliphatic heterocycles. The van der Waals surface area contributed by atoms with Gasteiger partial charge in [0.15, 0.2) is 5.75 Å². The van der Waals surface area contributed by atoms with Crippen LogP contribution in [0.3, 0.4) is 0 Å². The average Bonchev–Trinajstić information content (AvgIpc) is 2.82. The first-order valence-electron chi connectivity index (χ1n) is 10.2. The van der Waals surface area contributed by atoms with Crippen LogP contribution in [0.25, 0.3) is 6.08 Å². The van der Waals surface area contributed by atoms with Gasteiger partial charge in [0.05, 0.1) is 20.7 Å². The topological polar surface area (TPSA) is 119 Å². The van der Waals surface area contributed by atoms with Gasteiger partial charge in [-0.25, -0.2) is 9.69 Å². The van der Waals surface area contributed by atoms with Gasteiger partial charge in [0, 0.05) is 17.2 Å². The fraction of sp³-hybridized carbons (Fsp3) is 0.0417. The standard InChI is InChI=1S/C24H14Cl3N3O6/c25-15-4-6-16(7-5-15)29-23(32)18(22(31)28-24(29)33)9-14-10-19(26)21(20(27)11-14)36-12-13-2-1-3-17(8-13)30(34)35/h1-11H,12H2,(H,28,31,33)/b18-9+. The van der Waals surface area contributed by atoms with Crippen molar-refractivity contribution < 1.29 is 24.0 Å². The van der Waals surface area contributed by atoms with Crippen molar-refractivity contribution in [3.63, 3.8) is 0 Å². The van der Waals surface area contributed by atoms with Crippen molar-refractivity contribution in [2.45, 2.75) is 6.61 Å². The molecular formula is C24H14Cl3N3O6. The summed E-state index contributed by atoms with van der Waals surface area (Å²) in [5.74, 6) is -1.61. The molecule has 4 amide bonds. The number of nitro groups is 1. The molecule has 0 unspecified atom stereocenters. The third-order valence-electron chi connectivity index (χ3n) is 5.02. The highest BCUT2D eigenvalue weighted by Gasteiger charge is 2.36. The summed E-state index contributed by atoms with van der Waals surface area (Å²) in [6, 6.07) is 13.8. The van der Waals surface area contributed by atoms with E-state index < -0.39 is 22.8 Å². The fourth-order valence-electron chi connectivity index (χ4n) is 3.36. The third-order valence-corrected chi connectivity index (χ3v) is 5.84. The zero-order valence-electron chi connectivity index (χ0n) is 18.0. The van der Waals surface area contributed by atoms with Gasteiger partial charge in [-0.15, -0.1) is 0 Å². The summed E-state index contributed by atoms with van der Waals surface area (Å²) in [5.41, 5.74) is 0.649. The lowest BCUT2D eigenvalue weighted by atomic mass is 10.1. The number of barbiturate groups is 1. The zero-order valence-corrected chi connectivity index (χ0v) is 20.3. The van der Waals surface area contributed by atoms with Gasteiger partial charge in [0.25, 0.3) is 17.5 Å². The first-order chi connectivity index (χ1) is 17.1. The first-order valence-corrected chi connectivity index (χ1v) is 11.3. The largest absolute Gasteiger partial charge is 0.486 e. The molecule has 1 saturated heterocycles. The molecule has 0 saturated carbocycles. The number of rotatable bonds is 6. The SMILES string of the molecule is O=C1NC(=O)N(c2ccc(Cl)cc2)C(=O)/C1=C/c1cc(Cl)c(OCc2cccc([N+](=O)[O-])c2)c(Cl)c1. The Morgan fingerprint density at radius 2 is 1.64 bits per heavy atom.